The Morgan fingerprint density at radius 1 is 1.25 bits per heavy atom. The molecule has 0 unspecified atom stereocenters. The van der Waals surface area contributed by atoms with Gasteiger partial charge < -0.3 is 9.73 Å². The second-order valence-electron chi connectivity index (χ2n) is 5.60. The first-order valence-corrected chi connectivity index (χ1v) is 7.67. The Bertz CT molecular complexity index is 943. The fourth-order valence-electron chi connectivity index (χ4n) is 2.58. The summed E-state index contributed by atoms with van der Waals surface area (Å²) in [5.74, 6) is -0.857. The molecule has 0 fully saturated rings. The van der Waals surface area contributed by atoms with Crippen LogP contribution in [0.3, 0.4) is 0 Å². The minimum atomic E-state index is -0.446. The van der Waals surface area contributed by atoms with Crippen molar-refractivity contribution in [3.05, 3.63) is 64.4 Å². The molecule has 0 aliphatic heterocycles. The molecule has 1 amide bonds. The maximum atomic E-state index is 13.5. The van der Waals surface area contributed by atoms with Gasteiger partial charge in [0, 0.05) is 25.2 Å². The fourth-order valence-corrected chi connectivity index (χ4v) is 2.58. The van der Waals surface area contributed by atoms with Crippen molar-refractivity contribution in [2.75, 3.05) is 5.32 Å². The SMILES string of the molecule is Cn1c(=O)oc2cc(NC(=O)CCCc3ccccc3F)ccc21. The minimum absolute atomic E-state index is 0.163. The first-order chi connectivity index (χ1) is 11.5. The second-order valence-corrected chi connectivity index (χ2v) is 5.60. The number of hydrogen-bond acceptors (Lipinski definition) is 3. The van der Waals surface area contributed by atoms with Crippen molar-refractivity contribution in [1.82, 2.24) is 4.57 Å². The standard InChI is InChI=1S/C18H17FN2O3/c1-21-15-10-9-13(11-16(15)24-18(21)23)20-17(22)8-4-6-12-5-2-3-7-14(12)19/h2-3,5,7,9-11H,4,6,8H2,1H3,(H,20,22). The third-order valence-corrected chi connectivity index (χ3v) is 3.88. The van der Waals surface area contributed by atoms with E-state index in [-0.39, 0.29) is 18.1 Å². The number of benzene rings is 2. The van der Waals surface area contributed by atoms with E-state index < -0.39 is 5.76 Å². The number of hydrogen-bond donors (Lipinski definition) is 1. The van der Waals surface area contributed by atoms with Crippen molar-refractivity contribution in [3.8, 4) is 0 Å². The summed E-state index contributed by atoms with van der Waals surface area (Å²) in [6, 6.07) is 11.6. The number of carbonyl (C=O) groups is 1. The van der Waals surface area contributed by atoms with E-state index in [1.165, 1.54) is 10.6 Å². The van der Waals surface area contributed by atoms with Crippen LogP contribution in [0, 0.1) is 5.82 Å². The number of aryl methyl sites for hydroxylation is 2. The van der Waals surface area contributed by atoms with Crippen molar-refractivity contribution < 1.29 is 13.6 Å². The molecule has 0 spiro atoms. The van der Waals surface area contributed by atoms with Gasteiger partial charge in [0.2, 0.25) is 5.91 Å². The van der Waals surface area contributed by atoms with Gasteiger partial charge in [0.1, 0.15) is 5.82 Å². The smallest absolute Gasteiger partial charge is 0.408 e. The summed E-state index contributed by atoms with van der Waals surface area (Å²) in [7, 11) is 1.62. The Balaban J connectivity index is 1.59. The van der Waals surface area contributed by atoms with Crippen molar-refractivity contribution in [2.45, 2.75) is 19.3 Å². The van der Waals surface area contributed by atoms with Gasteiger partial charge in [-0.05, 0) is 36.6 Å². The number of halogens is 1. The number of rotatable bonds is 5. The summed E-state index contributed by atoms with van der Waals surface area (Å²) in [5, 5.41) is 2.76. The summed E-state index contributed by atoms with van der Waals surface area (Å²) in [6.45, 7) is 0. The van der Waals surface area contributed by atoms with Gasteiger partial charge in [-0.1, -0.05) is 18.2 Å². The maximum absolute atomic E-state index is 13.5. The molecule has 0 saturated carbocycles. The van der Waals surface area contributed by atoms with Crippen LogP contribution >= 0.6 is 0 Å². The van der Waals surface area contributed by atoms with Crippen molar-refractivity contribution in [1.29, 1.82) is 0 Å². The summed E-state index contributed by atoms with van der Waals surface area (Å²) in [5.41, 5.74) is 2.26. The summed E-state index contributed by atoms with van der Waals surface area (Å²) in [4.78, 5) is 23.4. The number of anilines is 1. The molecule has 0 saturated heterocycles. The van der Waals surface area contributed by atoms with Gasteiger partial charge >= 0.3 is 5.76 Å². The zero-order valence-electron chi connectivity index (χ0n) is 13.2. The van der Waals surface area contributed by atoms with Gasteiger partial charge in [-0.3, -0.25) is 9.36 Å². The van der Waals surface area contributed by atoms with E-state index >= 15 is 0 Å². The molecular formula is C18H17FN2O3. The fraction of sp³-hybridized carbons (Fsp3) is 0.222. The highest BCUT2D eigenvalue weighted by Gasteiger charge is 2.09. The van der Waals surface area contributed by atoms with Gasteiger partial charge in [0.05, 0.1) is 5.52 Å². The lowest BCUT2D eigenvalue weighted by molar-refractivity contribution is -0.116. The molecule has 1 aromatic heterocycles. The molecule has 24 heavy (non-hydrogen) atoms. The minimum Gasteiger partial charge on any atom is -0.408 e. The Morgan fingerprint density at radius 2 is 2.04 bits per heavy atom. The van der Waals surface area contributed by atoms with Crippen LogP contribution in [0.1, 0.15) is 18.4 Å². The molecule has 0 bridgehead atoms. The lowest BCUT2D eigenvalue weighted by Gasteiger charge is -2.06. The Morgan fingerprint density at radius 3 is 2.83 bits per heavy atom. The van der Waals surface area contributed by atoms with Crippen LogP contribution in [-0.4, -0.2) is 10.5 Å². The zero-order chi connectivity index (χ0) is 17.1. The molecule has 3 rings (SSSR count). The Kier molecular flexibility index (Phi) is 4.46. The third-order valence-electron chi connectivity index (χ3n) is 3.88. The van der Waals surface area contributed by atoms with Crippen molar-refractivity contribution >= 4 is 22.7 Å². The largest absolute Gasteiger partial charge is 0.419 e. The first kappa shape index (κ1) is 16.0. The molecule has 0 atom stereocenters. The highest BCUT2D eigenvalue weighted by molar-refractivity contribution is 5.92. The van der Waals surface area contributed by atoms with Crippen LogP contribution in [0.5, 0.6) is 0 Å². The van der Waals surface area contributed by atoms with Crippen molar-refractivity contribution in [2.24, 2.45) is 7.05 Å². The number of oxazole rings is 1. The molecule has 3 aromatic rings. The monoisotopic (exact) mass is 328 g/mol. The number of nitrogens with zero attached hydrogens (tertiary/aromatic N) is 1. The van der Waals surface area contributed by atoms with Crippen LogP contribution in [0.25, 0.3) is 11.1 Å². The topological polar surface area (TPSA) is 64.2 Å². The highest BCUT2D eigenvalue weighted by Crippen LogP contribution is 2.18. The molecule has 1 heterocycles. The molecule has 6 heteroatoms. The molecular weight excluding hydrogens is 311 g/mol. The van der Waals surface area contributed by atoms with Crippen LogP contribution < -0.4 is 11.1 Å². The van der Waals surface area contributed by atoms with Gasteiger partial charge in [-0.15, -0.1) is 0 Å². The van der Waals surface area contributed by atoms with Gasteiger partial charge in [0.25, 0.3) is 0 Å². The van der Waals surface area contributed by atoms with Gasteiger partial charge in [-0.25, -0.2) is 9.18 Å². The van der Waals surface area contributed by atoms with Crippen LogP contribution in [-0.2, 0) is 18.3 Å². The van der Waals surface area contributed by atoms with Gasteiger partial charge in [0.15, 0.2) is 5.58 Å². The molecule has 124 valence electrons. The van der Waals surface area contributed by atoms with Crippen LogP contribution in [0.2, 0.25) is 0 Å². The summed E-state index contributed by atoms with van der Waals surface area (Å²) in [6.07, 6.45) is 1.34. The lowest BCUT2D eigenvalue weighted by Crippen LogP contribution is -2.11. The number of amides is 1. The normalized spacial score (nSPS) is 10.9. The number of aromatic nitrogens is 1. The zero-order valence-corrected chi connectivity index (χ0v) is 13.2. The summed E-state index contributed by atoms with van der Waals surface area (Å²) < 4.78 is 20.0. The molecule has 0 aliphatic rings. The Labute approximate surface area is 137 Å². The maximum Gasteiger partial charge on any atom is 0.419 e. The first-order valence-electron chi connectivity index (χ1n) is 7.67. The average Bonchev–Trinajstić information content (AvgIpc) is 2.83. The number of nitrogens with one attached hydrogen (secondary N) is 1. The molecule has 2 aromatic carbocycles. The third kappa shape index (κ3) is 3.37. The van der Waals surface area contributed by atoms with E-state index in [1.807, 2.05) is 0 Å². The summed E-state index contributed by atoms with van der Waals surface area (Å²) >= 11 is 0. The van der Waals surface area contributed by atoms with E-state index in [9.17, 15) is 14.0 Å². The number of fused-ring (bicyclic) bond motifs is 1. The van der Waals surface area contributed by atoms with Crippen molar-refractivity contribution in [3.63, 3.8) is 0 Å². The van der Waals surface area contributed by atoms with E-state index in [2.05, 4.69) is 5.32 Å². The molecule has 5 nitrogen and oxygen atoms in total. The molecule has 1 N–H and O–H groups in total. The lowest BCUT2D eigenvalue weighted by atomic mass is 10.1. The predicted octanol–water partition coefficient (Wildman–Crippen LogP) is 3.23. The predicted molar refractivity (Wildman–Crippen MR) is 89.4 cm³/mol. The number of carbonyl (C=O) groups excluding carboxylic acids is 1. The second kappa shape index (κ2) is 6.70. The Hall–Kier alpha value is -2.89. The average molecular weight is 328 g/mol. The van der Waals surface area contributed by atoms with E-state index in [0.717, 1.165) is 0 Å². The van der Waals surface area contributed by atoms with Crippen LogP contribution in [0.15, 0.2) is 51.7 Å². The van der Waals surface area contributed by atoms with E-state index in [4.69, 9.17) is 4.42 Å². The quantitative estimate of drug-likeness (QED) is 0.782. The van der Waals surface area contributed by atoms with E-state index in [0.29, 0.717) is 35.2 Å². The van der Waals surface area contributed by atoms with Gasteiger partial charge in [-0.2, -0.15) is 0 Å². The molecule has 0 radical (unpaired) electrons. The molecule has 0 aliphatic carbocycles. The van der Waals surface area contributed by atoms with E-state index in [1.54, 1.807) is 43.4 Å². The van der Waals surface area contributed by atoms with Crippen LogP contribution in [0.4, 0.5) is 10.1 Å². The highest BCUT2D eigenvalue weighted by atomic mass is 19.1.